The zero-order chi connectivity index (χ0) is 14.8. The van der Waals surface area contributed by atoms with E-state index in [4.69, 9.17) is 0 Å². The van der Waals surface area contributed by atoms with E-state index in [0.717, 1.165) is 4.68 Å². The van der Waals surface area contributed by atoms with E-state index in [1.807, 2.05) is 20.1 Å². The number of hydrogen-bond acceptors (Lipinski definition) is 5. The summed E-state index contributed by atoms with van der Waals surface area (Å²) in [4.78, 5) is 23.4. The van der Waals surface area contributed by atoms with Crippen LogP contribution in [-0.2, 0) is 4.79 Å². The zero-order valence-corrected chi connectivity index (χ0v) is 12.2. The van der Waals surface area contributed by atoms with Crippen LogP contribution in [-0.4, -0.2) is 37.1 Å². The number of H-pyrrole nitrogens is 1. The SMILES string of the molecule is CSC(C)(C)C(=O)Nc1ccc(-n2nn[nH]c2=O)cc1. The maximum absolute atomic E-state index is 12.0. The molecule has 0 saturated carbocycles. The molecular weight excluding hydrogens is 278 g/mol. The number of anilines is 1. The van der Waals surface area contributed by atoms with E-state index in [9.17, 15) is 9.59 Å². The van der Waals surface area contributed by atoms with Gasteiger partial charge in [0.1, 0.15) is 0 Å². The van der Waals surface area contributed by atoms with Crippen LogP contribution in [0.4, 0.5) is 5.69 Å². The van der Waals surface area contributed by atoms with Crippen LogP contribution in [0.3, 0.4) is 0 Å². The highest BCUT2D eigenvalue weighted by atomic mass is 32.2. The number of nitrogens with zero attached hydrogens (tertiary/aromatic N) is 3. The van der Waals surface area contributed by atoms with Crippen LogP contribution in [0, 0.1) is 0 Å². The zero-order valence-electron chi connectivity index (χ0n) is 11.4. The first-order valence-corrected chi connectivity index (χ1v) is 7.14. The normalized spacial score (nSPS) is 11.3. The topological polar surface area (TPSA) is 92.7 Å². The third-order valence-corrected chi connectivity index (χ3v) is 4.11. The van der Waals surface area contributed by atoms with Gasteiger partial charge >= 0.3 is 5.69 Å². The highest BCUT2D eigenvalue weighted by molar-refractivity contribution is 8.00. The maximum atomic E-state index is 12.0. The van der Waals surface area contributed by atoms with Gasteiger partial charge in [0.2, 0.25) is 5.91 Å². The summed E-state index contributed by atoms with van der Waals surface area (Å²) < 4.78 is 0.638. The number of amides is 1. The molecule has 0 atom stereocenters. The van der Waals surface area contributed by atoms with Gasteiger partial charge < -0.3 is 5.32 Å². The minimum atomic E-state index is -0.498. The molecule has 0 saturated heterocycles. The lowest BCUT2D eigenvalue weighted by atomic mass is 10.2. The number of aromatic amines is 1. The van der Waals surface area contributed by atoms with E-state index in [0.29, 0.717) is 11.4 Å². The Bertz CT molecular complexity index is 659. The van der Waals surface area contributed by atoms with Gasteiger partial charge in [0.25, 0.3) is 0 Å². The van der Waals surface area contributed by atoms with Crippen LogP contribution in [0.2, 0.25) is 0 Å². The number of nitrogens with one attached hydrogen (secondary N) is 2. The van der Waals surface area contributed by atoms with Gasteiger partial charge in [-0.1, -0.05) is 0 Å². The molecule has 0 aliphatic carbocycles. The number of benzene rings is 1. The van der Waals surface area contributed by atoms with Crippen molar-refractivity contribution < 1.29 is 4.79 Å². The fourth-order valence-corrected chi connectivity index (χ4v) is 1.66. The molecule has 1 aromatic carbocycles. The van der Waals surface area contributed by atoms with Gasteiger partial charge in [0, 0.05) is 5.69 Å². The van der Waals surface area contributed by atoms with Crippen molar-refractivity contribution in [1.29, 1.82) is 0 Å². The number of carbonyl (C=O) groups is 1. The average molecular weight is 293 g/mol. The Hall–Kier alpha value is -2.09. The van der Waals surface area contributed by atoms with Crippen molar-refractivity contribution in [3.8, 4) is 5.69 Å². The van der Waals surface area contributed by atoms with E-state index >= 15 is 0 Å². The number of hydrogen-bond donors (Lipinski definition) is 2. The fraction of sp³-hybridized carbons (Fsp3) is 0.333. The van der Waals surface area contributed by atoms with Crippen molar-refractivity contribution in [2.45, 2.75) is 18.6 Å². The van der Waals surface area contributed by atoms with E-state index in [1.54, 1.807) is 24.3 Å². The third kappa shape index (κ3) is 2.90. The number of aromatic nitrogens is 4. The first kappa shape index (κ1) is 14.3. The summed E-state index contributed by atoms with van der Waals surface area (Å²) in [5.41, 5.74) is 0.827. The molecule has 7 nitrogen and oxygen atoms in total. The molecule has 1 heterocycles. The van der Waals surface area contributed by atoms with Gasteiger partial charge in [0.15, 0.2) is 0 Å². The Kier molecular flexibility index (Phi) is 3.93. The Morgan fingerprint density at radius 2 is 2.00 bits per heavy atom. The minimum Gasteiger partial charge on any atom is -0.325 e. The molecule has 0 radical (unpaired) electrons. The predicted octanol–water partition coefficient (Wildman–Crippen LogP) is 1.04. The molecule has 8 heteroatoms. The summed E-state index contributed by atoms with van der Waals surface area (Å²) in [6.07, 6.45) is 1.89. The van der Waals surface area contributed by atoms with Gasteiger partial charge in [-0.2, -0.15) is 4.68 Å². The van der Waals surface area contributed by atoms with E-state index in [-0.39, 0.29) is 5.91 Å². The van der Waals surface area contributed by atoms with Gasteiger partial charge in [-0.15, -0.1) is 11.8 Å². The van der Waals surface area contributed by atoms with Crippen LogP contribution in [0.1, 0.15) is 13.8 Å². The molecule has 0 aliphatic rings. The largest absolute Gasteiger partial charge is 0.365 e. The lowest BCUT2D eigenvalue weighted by molar-refractivity contribution is -0.117. The van der Waals surface area contributed by atoms with Gasteiger partial charge in [-0.3, -0.25) is 4.79 Å². The van der Waals surface area contributed by atoms with Crippen molar-refractivity contribution in [2.24, 2.45) is 0 Å². The van der Waals surface area contributed by atoms with E-state index in [2.05, 4.69) is 20.8 Å². The summed E-state index contributed by atoms with van der Waals surface area (Å²) >= 11 is 1.48. The van der Waals surface area contributed by atoms with Crippen LogP contribution >= 0.6 is 11.8 Å². The smallest absolute Gasteiger partial charge is 0.325 e. The summed E-state index contributed by atoms with van der Waals surface area (Å²) in [5, 5.41) is 12.1. The molecule has 0 fully saturated rings. The molecule has 0 bridgehead atoms. The summed E-state index contributed by atoms with van der Waals surface area (Å²) in [6.45, 7) is 3.71. The molecule has 2 N–H and O–H groups in total. The molecular formula is C12H15N5O2S. The Morgan fingerprint density at radius 3 is 2.50 bits per heavy atom. The van der Waals surface area contributed by atoms with Gasteiger partial charge in [-0.25, -0.2) is 9.89 Å². The highest BCUT2D eigenvalue weighted by Crippen LogP contribution is 2.23. The fourth-order valence-electron chi connectivity index (χ4n) is 1.43. The monoisotopic (exact) mass is 293 g/mol. The van der Waals surface area contributed by atoms with Crippen molar-refractivity contribution in [1.82, 2.24) is 20.2 Å². The molecule has 106 valence electrons. The molecule has 20 heavy (non-hydrogen) atoms. The predicted molar refractivity (Wildman–Crippen MR) is 78.2 cm³/mol. The molecule has 0 aliphatic heterocycles. The lowest BCUT2D eigenvalue weighted by Gasteiger charge is -2.20. The van der Waals surface area contributed by atoms with E-state index in [1.165, 1.54) is 11.8 Å². The van der Waals surface area contributed by atoms with Crippen molar-refractivity contribution in [2.75, 3.05) is 11.6 Å². The first-order chi connectivity index (χ1) is 9.44. The molecule has 1 aromatic heterocycles. The minimum absolute atomic E-state index is 0.0728. The standard InChI is InChI=1S/C12H15N5O2S/c1-12(2,20-3)10(18)13-8-4-6-9(7-5-8)17-11(19)14-15-16-17/h4-7H,1-3H3,(H,13,18)(H,14,16,19). The first-order valence-electron chi connectivity index (χ1n) is 5.91. The Balaban J connectivity index is 2.16. The molecule has 1 amide bonds. The number of carbonyl (C=O) groups excluding carboxylic acids is 1. The third-order valence-electron chi connectivity index (χ3n) is 2.90. The number of tetrazole rings is 1. The van der Waals surface area contributed by atoms with E-state index < -0.39 is 10.4 Å². The van der Waals surface area contributed by atoms with Crippen molar-refractivity contribution in [3.63, 3.8) is 0 Å². The average Bonchev–Trinajstić information content (AvgIpc) is 2.86. The van der Waals surface area contributed by atoms with Gasteiger partial charge in [-0.05, 0) is 54.8 Å². The molecule has 2 aromatic rings. The van der Waals surface area contributed by atoms with Crippen LogP contribution in [0.25, 0.3) is 5.69 Å². The second kappa shape index (κ2) is 5.49. The van der Waals surface area contributed by atoms with Crippen molar-refractivity contribution in [3.05, 3.63) is 34.7 Å². The maximum Gasteiger partial charge on any atom is 0.365 e. The second-order valence-corrected chi connectivity index (χ2v) is 6.06. The van der Waals surface area contributed by atoms with Gasteiger partial charge in [0.05, 0.1) is 10.4 Å². The number of rotatable bonds is 4. The Labute approximate surface area is 119 Å². The van der Waals surface area contributed by atoms with Crippen LogP contribution in [0.5, 0.6) is 0 Å². The molecule has 2 rings (SSSR count). The molecule has 0 spiro atoms. The quantitative estimate of drug-likeness (QED) is 0.878. The Morgan fingerprint density at radius 1 is 1.35 bits per heavy atom. The number of thioether (sulfide) groups is 1. The van der Waals surface area contributed by atoms with Crippen LogP contribution < -0.4 is 11.0 Å². The summed E-state index contributed by atoms with van der Waals surface area (Å²) in [6, 6.07) is 6.80. The molecule has 0 unspecified atom stereocenters. The summed E-state index contributed by atoms with van der Waals surface area (Å²) in [7, 11) is 0. The highest BCUT2D eigenvalue weighted by Gasteiger charge is 2.26. The second-order valence-electron chi connectivity index (χ2n) is 4.63. The summed E-state index contributed by atoms with van der Waals surface area (Å²) in [5.74, 6) is -0.0728. The lowest BCUT2D eigenvalue weighted by Crippen LogP contribution is -2.33. The van der Waals surface area contributed by atoms with Crippen LogP contribution in [0.15, 0.2) is 29.1 Å². The van der Waals surface area contributed by atoms with Crippen molar-refractivity contribution >= 4 is 23.4 Å².